The Labute approximate surface area is 173 Å². The van der Waals surface area contributed by atoms with Gasteiger partial charge in [-0.25, -0.2) is 4.79 Å². The lowest BCUT2D eigenvalue weighted by atomic mass is 9.84. The lowest BCUT2D eigenvalue weighted by Gasteiger charge is -2.35. The van der Waals surface area contributed by atoms with E-state index in [-0.39, 0.29) is 0 Å². The highest BCUT2D eigenvalue weighted by atomic mass is 19.4. The largest absolute Gasteiger partial charge is 0.444 e. The Morgan fingerprint density at radius 3 is 2.00 bits per heavy atom. The molecule has 0 saturated heterocycles. The molecule has 1 atom stereocenters. The normalized spacial score (nSPS) is 14.2. The van der Waals surface area contributed by atoms with Crippen LogP contribution in [0, 0.1) is 6.92 Å². The lowest BCUT2D eigenvalue weighted by molar-refractivity contribution is -0.198. The monoisotopic (exact) mass is 419 g/mol. The van der Waals surface area contributed by atoms with Crippen LogP contribution in [0.15, 0.2) is 60.7 Å². The van der Waals surface area contributed by atoms with Crippen LogP contribution in [0.2, 0.25) is 0 Å². The summed E-state index contributed by atoms with van der Waals surface area (Å²) in [4.78, 5) is 25.3. The zero-order valence-electron chi connectivity index (χ0n) is 17.2. The molecule has 2 rings (SSSR count). The third-order valence-corrected chi connectivity index (χ3v) is 4.19. The first-order valence-corrected chi connectivity index (χ1v) is 9.28. The van der Waals surface area contributed by atoms with E-state index >= 15 is 0 Å². The summed E-state index contributed by atoms with van der Waals surface area (Å²) >= 11 is 0. The second-order valence-corrected chi connectivity index (χ2v) is 7.85. The molecule has 7 heteroatoms. The van der Waals surface area contributed by atoms with E-state index in [1.807, 2.05) is 5.32 Å². The molecular formula is C23H24F3NO3. The molecule has 2 aromatic rings. The van der Waals surface area contributed by atoms with Crippen LogP contribution in [-0.4, -0.2) is 23.7 Å². The molecule has 0 saturated carbocycles. The fourth-order valence-corrected chi connectivity index (χ4v) is 2.77. The van der Waals surface area contributed by atoms with Crippen molar-refractivity contribution in [1.82, 2.24) is 5.32 Å². The Hall–Kier alpha value is -3.09. The van der Waals surface area contributed by atoms with Crippen molar-refractivity contribution in [2.45, 2.75) is 45.0 Å². The Bertz CT molecular complexity index is 913. The number of carbonyl (C=O) groups excluding carboxylic acids is 2. The van der Waals surface area contributed by atoms with Crippen LogP contribution in [0.25, 0.3) is 6.08 Å². The van der Waals surface area contributed by atoms with Crippen LogP contribution in [-0.2, 0) is 15.1 Å². The van der Waals surface area contributed by atoms with Gasteiger partial charge in [-0.3, -0.25) is 10.1 Å². The fourth-order valence-electron chi connectivity index (χ4n) is 2.77. The molecule has 0 aliphatic rings. The number of carbonyl (C=O) groups is 2. The van der Waals surface area contributed by atoms with Gasteiger partial charge in [0.1, 0.15) is 5.60 Å². The molecule has 2 aromatic carbocycles. The van der Waals surface area contributed by atoms with Crippen LogP contribution in [0.4, 0.5) is 18.0 Å². The van der Waals surface area contributed by atoms with Crippen LogP contribution < -0.4 is 5.32 Å². The van der Waals surface area contributed by atoms with Crippen molar-refractivity contribution >= 4 is 18.0 Å². The van der Waals surface area contributed by atoms with Gasteiger partial charge in [0.05, 0.1) is 0 Å². The molecule has 0 bridgehead atoms. The smallest absolute Gasteiger partial charge is 0.423 e. The second-order valence-electron chi connectivity index (χ2n) is 7.85. The maximum absolute atomic E-state index is 14.4. The first-order chi connectivity index (χ1) is 13.8. The van der Waals surface area contributed by atoms with Gasteiger partial charge in [-0.2, -0.15) is 13.2 Å². The molecule has 0 aliphatic carbocycles. The molecule has 0 heterocycles. The maximum atomic E-state index is 14.4. The van der Waals surface area contributed by atoms with E-state index in [0.29, 0.717) is 11.1 Å². The number of alkyl halides is 3. The van der Waals surface area contributed by atoms with E-state index in [1.54, 1.807) is 37.3 Å². The predicted molar refractivity (Wildman–Crippen MR) is 109 cm³/mol. The topological polar surface area (TPSA) is 55.4 Å². The van der Waals surface area contributed by atoms with Gasteiger partial charge < -0.3 is 4.74 Å². The standard InChI is InChI=1S/C23H24F3NO3/c1-16-10-13-18(14-11-16)22(23(24,25)26,27-20(29)30-21(2,3)4)19(28)15-12-17-8-6-5-7-9-17/h5-15H,1-4H3,(H,27,29)/b15-12+/t22-/m1/s1. The summed E-state index contributed by atoms with van der Waals surface area (Å²) in [6.45, 7) is 6.26. The van der Waals surface area contributed by atoms with Gasteiger partial charge in [-0.05, 0) is 44.9 Å². The van der Waals surface area contributed by atoms with Crippen LogP contribution >= 0.6 is 0 Å². The molecule has 0 radical (unpaired) electrons. The highest BCUT2D eigenvalue weighted by Gasteiger charge is 2.62. The molecule has 0 spiro atoms. The summed E-state index contributed by atoms with van der Waals surface area (Å²) in [5.41, 5.74) is -3.50. The van der Waals surface area contributed by atoms with Crippen LogP contribution in [0.3, 0.4) is 0 Å². The van der Waals surface area contributed by atoms with Gasteiger partial charge in [0.2, 0.25) is 5.54 Å². The number of ether oxygens (including phenoxy) is 1. The number of nitrogens with one attached hydrogen (secondary N) is 1. The van der Waals surface area contributed by atoms with Crippen molar-refractivity contribution in [3.05, 3.63) is 77.4 Å². The van der Waals surface area contributed by atoms with Gasteiger partial charge in [0.25, 0.3) is 0 Å². The maximum Gasteiger partial charge on any atom is 0.423 e. The average molecular weight is 419 g/mol. The van der Waals surface area contributed by atoms with Gasteiger partial charge >= 0.3 is 12.3 Å². The highest BCUT2D eigenvalue weighted by molar-refractivity contribution is 6.03. The first-order valence-electron chi connectivity index (χ1n) is 9.28. The van der Waals surface area contributed by atoms with E-state index in [9.17, 15) is 22.8 Å². The number of hydrogen-bond donors (Lipinski definition) is 1. The fraction of sp³-hybridized carbons (Fsp3) is 0.304. The summed E-state index contributed by atoms with van der Waals surface area (Å²) in [7, 11) is 0. The quantitative estimate of drug-likeness (QED) is 0.646. The predicted octanol–water partition coefficient (Wildman–Crippen LogP) is 5.56. The molecule has 0 fully saturated rings. The van der Waals surface area contributed by atoms with Crippen molar-refractivity contribution in [3.8, 4) is 0 Å². The third-order valence-electron chi connectivity index (χ3n) is 4.19. The van der Waals surface area contributed by atoms with Crippen molar-refractivity contribution < 1.29 is 27.5 Å². The minimum Gasteiger partial charge on any atom is -0.444 e. The summed E-state index contributed by atoms with van der Waals surface area (Å²) in [5, 5.41) is 1.81. The molecule has 0 aliphatic heterocycles. The number of hydrogen-bond acceptors (Lipinski definition) is 3. The minimum absolute atomic E-state index is 0.408. The molecule has 160 valence electrons. The molecular weight excluding hydrogens is 395 g/mol. The molecule has 0 unspecified atom stereocenters. The summed E-state index contributed by atoms with van der Waals surface area (Å²) in [6, 6.07) is 13.7. The number of aryl methyl sites for hydroxylation is 1. The molecule has 0 aromatic heterocycles. The molecule has 30 heavy (non-hydrogen) atoms. The van der Waals surface area contributed by atoms with E-state index in [4.69, 9.17) is 4.74 Å². The van der Waals surface area contributed by atoms with E-state index in [0.717, 1.165) is 6.08 Å². The number of benzene rings is 2. The van der Waals surface area contributed by atoms with E-state index in [1.165, 1.54) is 51.1 Å². The average Bonchev–Trinajstić information content (AvgIpc) is 2.63. The second kappa shape index (κ2) is 8.73. The van der Waals surface area contributed by atoms with Gasteiger partial charge in [-0.1, -0.05) is 66.2 Å². The summed E-state index contributed by atoms with van der Waals surface area (Å²) < 4.78 is 48.2. The van der Waals surface area contributed by atoms with Crippen LogP contribution in [0.1, 0.15) is 37.5 Å². The summed E-state index contributed by atoms with van der Waals surface area (Å²) in [6.07, 6.45) is -4.38. The number of halogens is 3. The Morgan fingerprint density at radius 1 is 0.933 bits per heavy atom. The minimum atomic E-state index is -5.13. The Kier molecular flexibility index (Phi) is 6.75. The molecule has 1 amide bonds. The van der Waals surface area contributed by atoms with Crippen molar-refractivity contribution in [1.29, 1.82) is 0 Å². The number of alkyl carbamates (subject to hydrolysis) is 1. The van der Waals surface area contributed by atoms with E-state index < -0.39 is 34.8 Å². The number of rotatable bonds is 5. The van der Waals surface area contributed by atoms with Gasteiger partial charge in [-0.15, -0.1) is 0 Å². The zero-order chi connectivity index (χ0) is 22.6. The van der Waals surface area contributed by atoms with Crippen molar-refractivity contribution in [2.75, 3.05) is 0 Å². The Morgan fingerprint density at radius 2 is 1.50 bits per heavy atom. The van der Waals surface area contributed by atoms with Crippen molar-refractivity contribution in [2.24, 2.45) is 0 Å². The van der Waals surface area contributed by atoms with Crippen LogP contribution in [0.5, 0.6) is 0 Å². The van der Waals surface area contributed by atoms with Crippen molar-refractivity contribution in [3.63, 3.8) is 0 Å². The Balaban J connectivity index is 2.58. The number of ketones is 1. The first kappa shape index (κ1) is 23.2. The van der Waals surface area contributed by atoms with Gasteiger partial charge in [0, 0.05) is 0 Å². The highest BCUT2D eigenvalue weighted by Crippen LogP contribution is 2.41. The lowest BCUT2D eigenvalue weighted by Crippen LogP contribution is -2.61. The SMILES string of the molecule is Cc1ccc([C@@](NC(=O)OC(C)(C)C)(C(=O)/C=C/c2ccccc2)C(F)(F)F)cc1. The zero-order valence-corrected chi connectivity index (χ0v) is 17.2. The number of amides is 1. The molecule has 4 nitrogen and oxygen atoms in total. The van der Waals surface area contributed by atoms with Gasteiger partial charge in [0.15, 0.2) is 5.78 Å². The third kappa shape index (κ3) is 5.49. The van der Waals surface area contributed by atoms with E-state index in [2.05, 4.69) is 0 Å². The molecule has 1 N–H and O–H groups in total. The summed E-state index contributed by atoms with van der Waals surface area (Å²) in [5.74, 6) is -1.34.